The van der Waals surface area contributed by atoms with Crippen LogP contribution in [-0.2, 0) is 14.8 Å². The minimum atomic E-state index is -3.72. The molecule has 2 heterocycles. The monoisotopic (exact) mass is 475 g/mol. The molecule has 1 unspecified atom stereocenters. The first kappa shape index (κ1) is 22.9. The molecule has 2 aromatic carbocycles. The Labute approximate surface area is 191 Å². The fourth-order valence-corrected chi connectivity index (χ4v) is 5.30. The van der Waals surface area contributed by atoms with E-state index in [2.05, 4.69) is 5.32 Å². The highest BCUT2D eigenvalue weighted by molar-refractivity contribution is 7.89. The van der Waals surface area contributed by atoms with Crippen molar-refractivity contribution in [3.63, 3.8) is 0 Å². The third-order valence-electron chi connectivity index (χ3n) is 5.55. The topological polar surface area (TPSA) is 137 Å². The van der Waals surface area contributed by atoms with E-state index in [1.165, 1.54) is 22.5 Å². The molecule has 0 spiro atoms. The van der Waals surface area contributed by atoms with Crippen LogP contribution in [0.1, 0.15) is 41.7 Å². The van der Waals surface area contributed by atoms with Crippen molar-refractivity contribution in [2.45, 2.75) is 30.7 Å². The molecule has 1 saturated heterocycles. The van der Waals surface area contributed by atoms with Gasteiger partial charge >= 0.3 is 0 Å². The summed E-state index contributed by atoms with van der Waals surface area (Å²) in [5.41, 5.74) is 6.15. The number of hydrogen-bond acceptors (Lipinski definition) is 7. The van der Waals surface area contributed by atoms with E-state index in [1.807, 2.05) is 13.0 Å². The number of amides is 2. The number of primary amides is 1. The molecule has 0 radical (unpaired) electrons. The maximum Gasteiger partial charge on any atom is 0.258 e. The normalized spacial score (nSPS) is 16.4. The molecule has 33 heavy (non-hydrogen) atoms. The largest absolute Gasteiger partial charge is 0.483 e. The zero-order chi connectivity index (χ0) is 23.6. The number of rotatable bonds is 8. The van der Waals surface area contributed by atoms with E-state index in [9.17, 15) is 18.0 Å². The number of nitrogens with two attached hydrogens (primary N) is 1. The van der Waals surface area contributed by atoms with Gasteiger partial charge < -0.3 is 25.3 Å². The molecule has 3 N–H and O–H groups in total. The van der Waals surface area contributed by atoms with Gasteiger partial charge in [-0.1, -0.05) is 6.07 Å². The second-order valence-electron chi connectivity index (χ2n) is 7.82. The van der Waals surface area contributed by atoms with E-state index in [1.54, 1.807) is 12.1 Å². The minimum absolute atomic E-state index is 0.0357. The van der Waals surface area contributed by atoms with Crippen molar-refractivity contribution in [2.24, 2.45) is 5.73 Å². The van der Waals surface area contributed by atoms with Gasteiger partial charge in [-0.25, -0.2) is 8.42 Å². The first-order valence-electron chi connectivity index (χ1n) is 10.5. The summed E-state index contributed by atoms with van der Waals surface area (Å²) in [6, 6.07) is 8.94. The van der Waals surface area contributed by atoms with Gasteiger partial charge in [0, 0.05) is 13.1 Å². The Morgan fingerprint density at radius 1 is 1.12 bits per heavy atom. The average molecular weight is 476 g/mol. The van der Waals surface area contributed by atoms with Crippen molar-refractivity contribution in [2.75, 3.05) is 26.5 Å². The zero-order valence-corrected chi connectivity index (χ0v) is 18.9. The Balaban J connectivity index is 1.42. The molecule has 0 aliphatic carbocycles. The number of carbonyl (C=O) groups excluding carboxylic acids is 2. The first-order chi connectivity index (χ1) is 15.8. The lowest BCUT2D eigenvalue weighted by Gasteiger charge is -2.18. The van der Waals surface area contributed by atoms with Crippen LogP contribution in [0.15, 0.2) is 41.3 Å². The molecule has 0 aromatic heterocycles. The van der Waals surface area contributed by atoms with Crippen molar-refractivity contribution >= 4 is 21.8 Å². The van der Waals surface area contributed by atoms with Gasteiger partial charge in [0.2, 0.25) is 16.8 Å². The van der Waals surface area contributed by atoms with Gasteiger partial charge in [-0.2, -0.15) is 4.31 Å². The molecule has 176 valence electrons. The van der Waals surface area contributed by atoms with Crippen molar-refractivity contribution < 1.29 is 32.2 Å². The lowest BCUT2D eigenvalue weighted by Crippen LogP contribution is -2.31. The minimum Gasteiger partial charge on any atom is -0.483 e. The van der Waals surface area contributed by atoms with E-state index in [0.717, 1.165) is 18.4 Å². The highest BCUT2D eigenvalue weighted by Gasteiger charge is 2.28. The van der Waals surface area contributed by atoms with Crippen LogP contribution in [-0.4, -0.2) is 51.0 Å². The van der Waals surface area contributed by atoms with Crippen molar-refractivity contribution in [1.82, 2.24) is 9.62 Å². The first-order valence-corrected chi connectivity index (χ1v) is 12.0. The highest BCUT2D eigenvalue weighted by Crippen LogP contribution is 2.34. The maximum absolute atomic E-state index is 12.8. The summed E-state index contributed by atoms with van der Waals surface area (Å²) in [4.78, 5) is 24.3. The summed E-state index contributed by atoms with van der Waals surface area (Å²) in [5, 5.41) is 2.80. The van der Waals surface area contributed by atoms with Crippen LogP contribution in [0.25, 0.3) is 0 Å². The van der Waals surface area contributed by atoms with Crippen LogP contribution in [0.3, 0.4) is 0 Å². The van der Waals surface area contributed by atoms with Crippen molar-refractivity contribution in [3.05, 3.63) is 47.5 Å². The Kier molecular flexibility index (Phi) is 6.43. The Hall–Kier alpha value is -3.31. The van der Waals surface area contributed by atoms with Gasteiger partial charge in [-0.05, 0) is 55.7 Å². The number of sulfonamides is 1. The number of nitrogens with zero attached hydrogens (tertiary/aromatic N) is 1. The smallest absolute Gasteiger partial charge is 0.258 e. The molecule has 10 nitrogen and oxygen atoms in total. The van der Waals surface area contributed by atoms with E-state index in [0.29, 0.717) is 24.6 Å². The SMILES string of the molecule is CC(NC(=O)COc1ccc(S(=O)(=O)N2CCCC2)cc1C(N)=O)c1ccc2c(c1)OCO2. The van der Waals surface area contributed by atoms with Gasteiger partial charge in [0.05, 0.1) is 16.5 Å². The molecular formula is C22H25N3O7S. The quantitative estimate of drug-likeness (QED) is 0.591. The van der Waals surface area contributed by atoms with Crippen LogP contribution < -0.4 is 25.3 Å². The predicted octanol–water partition coefficient (Wildman–Crippen LogP) is 1.55. The second-order valence-corrected chi connectivity index (χ2v) is 9.76. The number of nitrogens with one attached hydrogen (secondary N) is 1. The third kappa shape index (κ3) is 4.88. The molecule has 4 rings (SSSR count). The molecule has 0 saturated carbocycles. The van der Waals surface area contributed by atoms with Crippen LogP contribution >= 0.6 is 0 Å². The predicted molar refractivity (Wildman–Crippen MR) is 118 cm³/mol. The molecule has 2 amide bonds. The number of hydrogen-bond donors (Lipinski definition) is 2. The number of carbonyl (C=O) groups is 2. The highest BCUT2D eigenvalue weighted by atomic mass is 32.2. The molecular weight excluding hydrogens is 450 g/mol. The summed E-state index contributed by atoms with van der Waals surface area (Å²) in [6.45, 7) is 2.46. The van der Waals surface area contributed by atoms with Crippen LogP contribution in [0, 0.1) is 0 Å². The Bertz CT molecular complexity index is 1180. The zero-order valence-electron chi connectivity index (χ0n) is 18.1. The number of fused-ring (bicyclic) bond motifs is 1. The van der Waals surface area contributed by atoms with Gasteiger partial charge in [-0.3, -0.25) is 9.59 Å². The average Bonchev–Trinajstić information content (AvgIpc) is 3.49. The summed E-state index contributed by atoms with van der Waals surface area (Å²) >= 11 is 0. The van der Waals surface area contributed by atoms with Gasteiger partial charge in [0.1, 0.15) is 5.75 Å². The molecule has 2 aliphatic heterocycles. The summed E-state index contributed by atoms with van der Waals surface area (Å²) in [5.74, 6) is 0.0189. The van der Waals surface area contributed by atoms with Crippen molar-refractivity contribution in [1.29, 1.82) is 0 Å². The van der Waals surface area contributed by atoms with E-state index in [-0.39, 0.29) is 35.7 Å². The molecule has 1 atom stereocenters. The van der Waals surface area contributed by atoms with E-state index >= 15 is 0 Å². The molecule has 2 aliphatic rings. The lowest BCUT2D eigenvalue weighted by atomic mass is 10.1. The lowest BCUT2D eigenvalue weighted by molar-refractivity contribution is -0.123. The van der Waals surface area contributed by atoms with Gasteiger partial charge in [0.25, 0.3) is 11.8 Å². The number of benzene rings is 2. The van der Waals surface area contributed by atoms with Crippen molar-refractivity contribution in [3.8, 4) is 17.2 Å². The van der Waals surface area contributed by atoms with Gasteiger partial charge in [-0.15, -0.1) is 0 Å². The fraction of sp³-hybridized carbons (Fsp3) is 0.364. The second kappa shape index (κ2) is 9.28. The van der Waals surface area contributed by atoms with Crippen LogP contribution in [0.2, 0.25) is 0 Å². The Morgan fingerprint density at radius 3 is 2.58 bits per heavy atom. The third-order valence-corrected chi connectivity index (χ3v) is 7.45. The van der Waals surface area contributed by atoms with Crippen LogP contribution in [0.5, 0.6) is 17.2 Å². The summed E-state index contributed by atoms with van der Waals surface area (Å²) in [6.07, 6.45) is 1.59. The van der Waals surface area contributed by atoms with E-state index < -0.39 is 21.8 Å². The standard InChI is InChI=1S/C22H25N3O7S/c1-14(15-4-6-19-20(10-15)32-13-31-19)24-21(26)12-30-18-7-5-16(11-17(18)22(23)27)33(28,29)25-8-2-3-9-25/h4-7,10-11,14H,2-3,8-9,12-13H2,1H3,(H2,23,27)(H,24,26). The Morgan fingerprint density at radius 2 is 1.85 bits per heavy atom. The number of ether oxygens (including phenoxy) is 3. The van der Waals surface area contributed by atoms with E-state index in [4.69, 9.17) is 19.9 Å². The fourth-order valence-electron chi connectivity index (χ4n) is 3.76. The molecule has 1 fully saturated rings. The van der Waals surface area contributed by atoms with Gasteiger partial charge in [0.15, 0.2) is 18.1 Å². The molecule has 2 aromatic rings. The molecule has 0 bridgehead atoms. The molecule has 11 heteroatoms. The maximum atomic E-state index is 12.8. The summed E-state index contributed by atoms with van der Waals surface area (Å²) < 4.78 is 43.0. The van der Waals surface area contributed by atoms with Crippen LogP contribution in [0.4, 0.5) is 0 Å². The summed E-state index contributed by atoms with van der Waals surface area (Å²) in [7, 11) is -3.72.